The van der Waals surface area contributed by atoms with Gasteiger partial charge in [0.2, 0.25) is 11.8 Å². The lowest BCUT2D eigenvalue weighted by molar-refractivity contribution is -0.141. The maximum atomic E-state index is 13.9. The number of nitrogens with one attached hydrogen (secondary N) is 2. The first-order chi connectivity index (χ1) is 20.7. The molecule has 7 heteroatoms. The Morgan fingerprint density at radius 3 is 1.23 bits per heavy atom. The second kappa shape index (κ2) is 11.0. The first-order valence-electron chi connectivity index (χ1n) is 14.8. The lowest BCUT2D eigenvalue weighted by Crippen LogP contribution is -2.47. The van der Waals surface area contributed by atoms with E-state index in [1.807, 2.05) is 104 Å². The van der Waals surface area contributed by atoms with Crippen LogP contribution in [0.1, 0.15) is 54.9 Å². The minimum Gasteiger partial charge on any atom is -0.355 e. The Morgan fingerprint density at radius 1 is 0.581 bits per heavy atom. The van der Waals surface area contributed by atoms with E-state index in [4.69, 9.17) is 0 Å². The molecule has 4 aromatic rings. The average molecular weight is 583 g/mol. The SMILES string of the molecule is CCNC(=O)C1(CCCCC2(C(=O)NCC(F)(F)F)c3ccccc3-c3ccccc32)c2ccccc2-c2ccccc21. The molecule has 0 atom stereocenters. The maximum absolute atomic E-state index is 13.9. The van der Waals surface area contributed by atoms with E-state index in [1.54, 1.807) is 0 Å². The highest BCUT2D eigenvalue weighted by molar-refractivity contribution is 6.01. The van der Waals surface area contributed by atoms with Gasteiger partial charge in [0.25, 0.3) is 0 Å². The molecule has 0 saturated carbocycles. The van der Waals surface area contributed by atoms with Crippen molar-refractivity contribution in [1.29, 1.82) is 0 Å². The van der Waals surface area contributed by atoms with Gasteiger partial charge in [-0.2, -0.15) is 13.2 Å². The highest BCUT2D eigenvalue weighted by atomic mass is 19.4. The molecule has 0 radical (unpaired) electrons. The standard InChI is InChI=1S/C36H33F3N2O2/c1-2-40-32(42)34(28-17-7-3-13-24(28)25-14-4-8-18-29(25)34)21-11-12-22-35(33(43)41-23-36(37,38)39)30-19-9-5-15-26(30)27-16-6-10-20-31(27)35/h3-10,13-20H,2,11-12,21-23H2,1H3,(H,40,42)(H,41,43). The third-order valence-electron chi connectivity index (χ3n) is 9.04. The van der Waals surface area contributed by atoms with E-state index in [-0.39, 0.29) is 5.91 Å². The number of amides is 2. The molecule has 0 aromatic heterocycles. The number of hydrogen-bond acceptors (Lipinski definition) is 2. The van der Waals surface area contributed by atoms with Crippen molar-refractivity contribution in [2.45, 2.75) is 49.6 Å². The molecule has 6 rings (SSSR count). The van der Waals surface area contributed by atoms with Crippen molar-refractivity contribution in [3.8, 4) is 22.3 Å². The monoisotopic (exact) mass is 582 g/mol. The van der Waals surface area contributed by atoms with Gasteiger partial charge in [-0.05, 0) is 64.3 Å². The Kier molecular flexibility index (Phi) is 7.36. The molecule has 2 N–H and O–H groups in total. The number of fused-ring (bicyclic) bond motifs is 6. The molecule has 0 saturated heterocycles. The summed E-state index contributed by atoms with van der Waals surface area (Å²) in [6.45, 7) is 0.990. The molecule has 0 heterocycles. The van der Waals surface area contributed by atoms with Crippen molar-refractivity contribution in [1.82, 2.24) is 10.6 Å². The highest BCUT2D eigenvalue weighted by Gasteiger charge is 2.51. The summed E-state index contributed by atoms with van der Waals surface area (Å²) in [6, 6.07) is 30.9. The Labute approximate surface area is 249 Å². The lowest BCUT2D eigenvalue weighted by atomic mass is 9.70. The van der Waals surface area contributed by atoms with Gasteiger partial charge < -0.3 is 10.6 Å². The topological polar surface area (TPSA) is 58.2 Å². The molecule has 43 heavy (non-hydrogen) atoms. The zero-order valence-electron chi connectivity index (χ0n) is 23.9. The van der Waals surface area contributed by atoms with Gasteiger partial charge in [0.05, 0.1) is 0 Å². The summed E-state index contributed by atoms with van der Waals surface area (Å²) in [4.78, 5) is 27.8. The number of carbonyl (C=O) groups is 2. The summed E-state index contributed by atoms with van der Waals surface area (Å²) in [6.07, 6.45) is -2.63. The van der Waals surface area contributed by atoms with Crippen LogP contribution in [0.3, 0.4) is 0 Å². The fourth-order valence-electron chi connectivity index (χ4n) is 7.33. The van der Waals surface area contributed by atoms with Gasteiger partial charge in [-0.1, -0.05) is 110 Å². The smallest absolute Gasteiger partial charge is 0.355 e. The molecule has 2 aliphatic carbocycles. The number of halogens is 3. The second-order valence-electron chi connectivity index (χ2n) is 11.4. The average Bonchev–Trinajstić information content (AvgIpc) is 3.47. The largest absolute Gasteiger partial charge is 0.405 e. The van der Waals surface area contributed by atoms with Crippen LogP contribution >= 0.6 is 0 Å². The van der Waals surface area contributed by atoms with Gasteiger partial charge in [-0.15, -0.1) is 0 Å². The van der Waals surface area contributed by atoms with Crippen molar-refractivity contribution in [3.63, 3.8) is 0 Å². The quantitative estimate of drug-likeness (QED) is 0.204. The van der Waals surface area contributed by atoms with E-state index in [2.05, 4.69) is 10.6 Å². The minimum atomic E-state index is -4.53. The van der Waals surface area contributed by atoms with Gasteiger partial charge in [0.1, 0.15) is 17.4 Å². The molecule has 0 fully saturated rings. The van der Waals surface area contributed by atoms with Crippen LogP contribution in [0.15, 0.2) is 97.1 Å². The van der Waals surface area contributed by atoms with Crippen LogP contribution in [0.5, 0.6) is 0 Å². The fourth-order valence-corrected chi connectivity index (χ4v) is 7.33. The first kappa shape index (κ1) is 28.7. The van der Waals surface area contributed by atoms with E-state index < -0.39 is 29.5 Å². The van der Waals surface area contributed by atoms with Gasteiger partial charge in [-0.3, -0.25) is 9.59 Å². The predicted molar refractivity (Wildman–Crippen MR) is 162 cm³/mol. The molecule has 0 aliphatic heterocycles. The highest BCUT2D eigenvalue weighted by Crippen LogP contribution is 2.54. The number of benzene rings is 4. The van der Waals surface area contributed by atoms with Gasteiger partial charge in [0.15, 0.2) is 0 Å². The molecule has 220 valence electrons. The van der Waals surface area contributed by atoms with Crippen molar-refractivity contribution in [3.05, 3.63) is 119 Å². The number of alkyl halides is 3. The third kappa shape index (κ3) is 4.62. The molecular formula is C36H33F3N2O2. The van der Waals surface area contributed by atoms with Crippen molar-refractivity contribution in [2.75, 3.05) is 13.1 Å². The van der Waals surface area contributed by atoms with Crippen LogP contribution in [-0.2, 0) is 20.4 Å². The number of hydrogen-bond donors (Lipinski definition) is 2. The van der Waals surface area contributed by atoms with E-state index in [9.17, 15) is 22.8 Å². The molecule has 2 amide bonds. The van der Waals surface area contributed by atoms with Crippen LogP contribution in [0.2, 0.25) is 0 Å². The van der Waals surface area contributed by atoms with E-state index in [0.717, 1.165) is 33.4 Å². The normalized spacial score (nSPS) is 15.2. The number of rotatable bonds is 9. The molecule has 0 unspecified atom stereocenters. The van der Waals surface area contributed by atoms with Gasteiger partial charge in [-0.25, -0.2) is 0 Å². The van der Waals surface area contributed by atoms with Crippen LogP contribution in [0.25, 0.3) is 22.3 Å². The Hall–Kier alpha value is -4.39. The zero-order chi connectivity index (χ0) is 30.2. The third-order valence-corrected chi connectivity index (χ3v) is 9.04. The number of unbranched alkanes of at least 4 members (excludes halogenated alkanes) is 1. The molecule has 2 aliphatic rings. The van der Waals surface area contributed by atoms with Crippen LogP contribution in [0, 0.1) is 0 Å². The molecule has 4 nitrogen and oxygen atoms in total. The summed E-state index contributed by atoms with van der Waals surface area (Å²) in [7, 11) is 0. The second-order valence-corrected chi connectivity index (χ2v) is 11.4. The summed E-state index contributed by atoms with van der Waals surface area (Å²) in [5.74, 6) is -0.723. The Morgan fingerprint density at radius 2 is 0.907 bits per heavy atom. The molecule has 4 aromatic carbocycles. The van der Waals surface area contributed by atoms with Crippen LogP contribution in [-0.4, -0.2) is 31.1 Å². The first-order valence-corrected chi connectivity index (χ1v) is 14.8. The number of likely N-dealkylation sites (N-methyl/N-ethyl adjacent to an activating group) is 1. The summed E-state index contributed by atoms with van der Waals surface area (Å²) in [5.41, 5.74) is 4.94. The van der Waals surface area contributed by atoms with Gasteiger partial charge in [0, 0.05) is 6.54 Å². The summed E-state index contributed by atoms with van der Waals surface area (Å²) in [5, 5.41) is 5.27. The van der Waals surface area contributed by atoms with E-state index in [1.165, 1.54) is 0 Å². The Balaban J connectivity index is 1.36. The predicted octanol–water partition coefficient (Wildman–Crippen LogP) is 7.29. The summed E-state index contributed by atoms with van der Waals surface area (Å²) >= 11 is 0. The van der Waals surface area contributed by atoms with E-state index in [0.29, 0.717) is 43.4 Å². The van der Waals surface area contributed by atoms with Crippen molar-refractivity contribution >= 4 is 11.8 Å². The molecule has 0 bridgehead atoms. The zero-order valence-corrected chi connectivity index (χ0v) is 23.9. The van der Waals surface area contributed by atoms with Crippen LogP contribution in [0.4, 0.5) is 13.2 Å². The molecular weight excluding hydrogens is 549 g/mol. The van der Waals surface area contributed by atoms with Crippen LogP contribution < -0.4 is 10.6 Å². The van der Waals surface area contributed by atoms with Crippen molar-refractivity contribution in [2.24, 2.45) is 0 Å². The maximum Gasteiger partial charge on any atom is 0.405 e. The number of carbonyl (C=O) groups excluding carboxylic acids is 2. The molecule has 0 spiro atoms. The fraction of sp³-hybridized carbons (Fsp3) is 0.278. The van der Waals surface area contributed by atoms with Crippen molar-refractivity contribution < 1.29 is 22.8 Å². The van der Waals surface area contributed by atoms with E-state index >= 15 is 0 Å². The Bertz CT molecular complexity index is 1600. The summed E-state index contributed by atoms with van der Waals surface area (Å²) < 4.78 is 39.8. The minimum absolute atomic E-state index is 0.0680. The lowest BCUT2D eigenvalue weighted by Gasteiger charge is -2.33. The van der Waals surface area contributed by atoms with Gasteiger partial charge >= 0.3 is 6.18 Å².